The van der Waals surface area contributed by atoms with Crippen molar-refractivity contribution in [2.24, 2.45) is 5.92 Å². The van der Waals surface area contributed by atoms with Gasteiger partial charge in [-0.2, -0.15) is 0 Å². The average molecular weight is 293 g/mol. The van der Waals surface area contributed by atoms with Gasteiger partial charge in [-0.3, -0.25) is 10.1 Å². The van der Waals surface area contributed by atoms with E-state index in [0.29, 0.717) is 5.92 Å². The Morgan fingerprint density at radius 1 is 1.43 bits per heavy atom. The standard InChI is InChI=1S/C14H19N3O4/c1-9-3-5-11(6-4-9)16-13-12(17(19)20)7-10(8-15-13)14(18)21-2/h7-9,11H,3-6H2,1-2H3,(H,15,16). The first-order valence-electron chi connectivity index (χ1n) is 7.00. The summed E-state index contributed by atoms with van der Waals surface area (Å²) in [4.78, 5) is 26.1. The molecule has 1 fully saturated rings. The van der Waals surface area contributed by atoms with Crippen LogP contribution in [0.2, 0.25) is 0 Å². The van der Waals surface area contributed by atoms with Crippen LogP contribution in [0.1, 0.15) is 43.0 Å². The van der Waals surface area contributed by atoms with Crippen molar-refractivity contribution in [2.75, 3.05) is 12.4 Å². The summed E-state index contributed by atoms with van der Waals surface area (Å²) in [5, 5.41) is 14.3. The summed E-state index contributed by atoms with van der Waals surface area (Å²) < 4.78 is 4.55. The van der Waals surface area contributed by atoms with Crippen LogP contribution in [0.5, 0.6) is 0 Å². The van der Waals surface area contributed by atoms with Crippen molar-refractivity contribution in [3.8, 4) is 0 Å². The van der Waals surface area contributed by atoms with E-state index in [1.165, 1.54) is 19.4 Å². The van der Waals surface area contributed by atoms with Crippen LogP contribution in [0.3, 0.4) is 0 Å². The number of methoxy groups -OCH3 is 1. The zero-order valence-corrected chi connectivity index (χ0v) is 12.2. The van der Waals surface area contributed by atoms with E-state index in [0.717, 1.165) is 25.7 Å². The molecule has 1 aromatic heterocycles. The van der Waals surface area contributed by atoms with Gasteiger partial charge in [0.15, 0.2) is 0 Å². The van der Waals surface area contributed by atoms with Crippen molar-refractivity contribution < 1.29 is 14.5 Å². The third kappa shape index (κ3) is 3.68. The van der Waals surface area contributed by atoms with Gasteiger partial charge in [0.1, 0.15) is 0 Å². The Bertz CT molecular complexity index is 539. The van der Waals surface area contributed by atoms with Crippen molar-refractivity contribution in [3.63, 3.8) is 0 Å². The third-order valence-electron chi connectivity index (χ3n) is 3.84. The molecule has 0 radical (unpaired) electrons. The minimum atomic E-state index is -0.636. The van der Waals surface area contributed by atoms with Crippen LogP contribution in [-0.4, -0.2) is 29.0 Å². The molecule has 0 saturated heterocycles. The van der Waals surface area contributed by atoms with Crippen LogP contribution in [0.25, 0.3) is 0 Å². The quantitative estimate of drug-likeness (QED) is 0.521. The average Bonchev–Trinajstić information content (AvgIpc) is 2.49. The van der Waals surface area contributed by atoms with Crippen LogP contribution in [0.4, 0.5) is 11.5 Å². The third-order valence-corrected chi connectivity index (χ3v) is 3.84. The molecule has 1 aromatic rings. The van der Waals surface area contributed by atoms with Crippen LogP contribution >= 0.6 is 0 Å². The molecule has 0 aromatic carbocycles. The van der Waals surface area contributed by atoms with E-state index in [-0.39, 0.29) is 23.1 Å². The molecule has 0 atom stereocenters. The number of rotatable bonds is 4. The molecule has 0 bridgehead atoms. The minimum Gasteiger partial charge on any atom is -0.465 e. The summed E-state index contributed by atoms with van der Waals surface area (Å²) in [6.07, 6.45) is 5.45. The summed E-state index contributed by atoms with van der Waals surface area (Å²) in [6, 6.07) is 1.39. The van der Waals surface area contributed by atoms with E-state index < -0.39 is 10.9 Å². The van der Waals surface area contributed by atoms with Gasteiger partial charge in [0, 0.05) is 18.3 Å². The highest BCUT2D eigenvalue weighted by Gasteiger charge is 2.24. The highest BCUT2D eigenvalue weighted by atomic mass is 16.6. The molecular formula is C14H19N3O4. The fourth-order valence-corrected chi connectivity index (χ4v) is 2.53. The summed E-state index contributed by atoms with van der Waals surface area (Å²) in [6.45, 7) is 2.21. The van der Waals surface area contributed by atoms with E-state index in [2.05, 4.69) is 22.0 Å². The lowest BCUT2D eigenvalue weighted by molar-refractivity contribution is -0.384. The molecule has 114 valence electrons. The second-order valence-corrected chi connectivity index (χ2v) is 5.44. The number of carbonyl (C=O) groups excluding carboxylic acids is 1. The number of hydrogen-bond donors (Lipinski definition) is 1. The second-order valence-electron chi connectivity index (χ2n) is 5.44. The molecule has 0 spiro atoms. The van der Waals surface area contributed by atoms with E-state index in [4.69, 9.17) is 0 Å². The number of anilines is 1. The Morgan fingerprint density at radius 3 is 2.67 bits per heavy atom. The molecule has 0 aliphatic heterocycles. The molecule has 1 N–H and O–H groups in total. The summed E-state index contributed by atoms with van der Waals surface area (Å²) >= 11 is 0. The van der Waals surface area contributed by atoms with Crippen molar-refractivity contribution in [1.82, 2.24) is 4.98 Å². The van der Waals surface area contributed by atoms with Crippen molar-refractivity contribution in [3.05, 3.63) is 27.9 Å². The number of nitro groups is 1. The Morgan fingerprint density at radius 2 is 2.10 bits per heavy atom. The van der Waals surface area contributed by atoms with E-state index in [1.807, 2.05) is 0 Å². The van der Waals surface area contributed by atoms with Crippen LogP contribution in [0.15, 0.2) is 12.3 Å². The monoisotopic (exact) mass is 293 g/mol. The smallest absolute Gasteiger partial charge is 0.339 e. The first-order chi connectivity index (χ1) is 10.0. The van der Waals surface area contributed by atoms with Gasteiger partial charge in [0.2, 0.25) is 5.82 Å². The first kappa shape index (κ1) is 15.2. The summed E-state index contributed by atoms with van der Waals surface area (Å²) in [5.74, 6) is 0.281. The minimum absolute atomic E-state index is 0.0759. The first-order valence-corrected chi connectivity index (χ1v) is 7.00. The molecule has 1 saturated carbocycles. The molecule has 0 amide bonds. The van der Waals surface area contributed by atoms with Crippen LogP contribution in [0, 0.1) is 16.0 Å². The Hall–Kier alpha value is -2.18. The van der Waals surface area contributed by atoms with Gasteiger partial charge >= 0.3 is 11.7 Å². The molecule has 1 aliphatic rings. The van der Waals surface area contributed by atoms with Crippen molar-refractivity contribution >= 4 is 17.5 Å². The number of nitrogens with one attached hydrogen (secondary N) is 1. The molecule has 7 nitrogen and oxygen atoms in total. The van der Waals surface area contributed by atoms with Gasteiger partial charge in [-0.25, -0.2) is 9.78 Å². The number of hydrogen-bond acceptors (Lipinski definition) is 6. The highest BCUT2D eigenvalue weighted by molar-refractivity contribution is 5.90. The van der Waals surface area contributed by atoms with Gasteiger partial charge in [-0.05, 0) is 31.6 Å². The molecular weight excluding hydrogens is 274 g/mol. The lowest BCUT2D eigenvalue weighted by Crippen LogP contribution is -2.26. The zero-order valence-electron chi connectivity index (χ0n) is 12.2. The maximum absolute atomic E-state index is 11.4. The molecule has 1 heterocycles. The van der Waals surface area contributed by atoms with E-state index >= 15 is 0 Å². The van der Waals surface area contributed by atoms with E-state index in [1.54, 1.807) is 0 Å². The van der Waals surface area contributed by atoms with Crippen molar-refractivity contribution in [1.29, 1.82) is 0 Å². The van der Waals surface area contributed by atoms with E-state index in [9.17, 15) is 14.9 Å². The van der Waals surface area contributed by atoms with Gasteiger partial charge in [-0.15, -0.1) is 0 Å². The number of carbonyl (C=O) groups is 1. The Labute approximate surface area is 122 Å². The normalized spacial score (nSPS) is 21.6. The predicted molar refractivity (Wildman–Crippen MR) is 77.3 cm³/mol. The molecule has 0 unspecified atom stereocenters. The fourth-order valence-electron chi connectivity index (χ4n) is 2.53. The van der Waals surface area contributed by atoms with Gasteiger partial charge < -0.3 is 10.1 Å². The number of aromatic nitrogens is 1. The topological polar surface area (TPSA) is 94.4 Å². The Kier molecular flexibility index (Phi) is 4.72. The maximum Gasteiger partial charge on any atom is 0.339 e. The lowest BCUT2D eigenvalue weighted by Gasteiger charge is -2.27. The number of esters is 1. The number of ether oxygens (including phenoxy) is 1. The SMILES string of the molecule is COC(=O)c1cnc(NC2CCC(C)CC2)c([N+](=O)[O-])c1. The van der Waals surface area contributed by atoms with Gasteiger partial charge in [-0.1, -0.05) is 6.92 Å². The van der Waals surface area contributed by atoms with Gasteiger partial charge in [0.25, 0.3) is 0 Å². The predicted octanol–water partition coefficient (Wildman–Crippen LogP) is 2.77. The largest absolute Gasteiger partial charge is 0.465 e. The van der Waals surface area contributed by atoms with Gasteiger partial charge in [0.05, 0.1) is 17.6 Å². The molecule has 7 heteroatoms. The fraction of sp³-hybridized carbons (Fsp3) is 0.571. The zero-order chi connectivity index (χ0) is 15.4. The number of nitrogens with zero attached hydrogens (tertiary/aromatic N) is 2. The van der Waals surface area contributed by atoms with Crippen LogP contribution < -0.4 is 5.32 Å². The second kappa shape index (κ2) is 6.51. The highest BCUT2D eigenvalue weighted by Crippen LogP contribution is 2.29. The Balaban J connectivity index is 2.18. The van der Waals surface area contributed by atoms with Crippen molar-refractivity contribution in [2.45, 2.75) is 38.6 Å². The lowest BCUT2D eigenvalue weighted by atomic mass is 9.87. The molecule has 21 heavy (non-hydrogen) atoms. The molecule has 1 aliphatic carbocycles. The maximum atomic E-state index is 11.4. The summed E-state index contributed by atoms with van der Waals surface area (Å²) in [7, 11) is 1.23. The van der Waals surface area contributed by atoms with Crippen LogP contribution in [-0.2, 0) is 4.74 Å². The number of pyridine rings is 1. The molecule has 2 rings (SSSR count). The summed E-state index contributed by atoms with van der Waals surface area (Å²) in [5.41, 5.74) is -0.122.